The first kappa shape index (κ1) is 15.4. The third kappa shape index (κ3) is 10.7. The number of rotatable bonds is 10. The normalized spacial score (nSPS) is 12.1. The molecule has 0 aromatic rings. The van der Waals surface area contributed by atoms with Crippen molar-refractivity contribution in [2.75, 3.05) is 18.1 Å². The summed E-state index contributed by atoms with van der Waals surface area (Å²) in [5.41, 5.74) is 0. The molecule has 0 fully saturated rings. The Bertz CT molecular complexity index is 158. The number of hydrogen-bond donors (Lipinski definition) is 1. The number of aliphatic hydroxyl groups is 1. The zero-order valence-electron chi connectivity index (χ0n) is 10.00. The van der Waals surface area contributed by atoms with Crippen LogP contribution in [0.1, 0.15) is 46.0 Å². The van der Waals surface area contributed by atoms with Crippen LogP contribution in [0, 0.1) is 0 Å². The second-order valence-corrected chi connectivity index (χ2v) is 5.68. The summed E-state index contributed by atoms with van der Waals surface area (Å²) in [6.45, 7) is 4.71. The van der Waals surface area contributed by atoms with Gasteiger partial charge in [-0.25, -0.2) is 0 Å². The molecule has 0 aliphatic heterocycles. The van der Waals surface area contributed by atoms with Crippen LogP contribution in [-0.4, -0.2) is 23.2 Å². The number of aliphatic hydroxyl groups excluding tert-OH is 1. The largest absolute Gasteiger partial charge is 0.396 e. The molecule has 0 saturated heterocycles. The van der Waals surface area contributed by atoms with Crippen molar-refractivity contribution in [3.8, 4) is 0 Å². The van der Waals surface area contributed by atoms with Gasteiger partial charge in [0.05, 0.1) is 0 Å². The fraction of sp³-hybridized carbons (Fsp3) is 0.833. The van der Waals surface area contributed by atoms with E-state index in [1.807, 2.05) is 23.5 Å². The molecule has 1 nitrogen and oxygen atoms in total. The maximum atomic E-state index is 8.93. The van der Waals surface area contributed by atoms with Crippen LogP contribution >= 0.6 is 23.5 Å². The molecule has 90 valence electrons. The highest BCUT2D eigenvalue weighted by Gasteiger charge is 1.97. The molecule has 1 N–H and O–H groups in total. The zero-order valence-corrected chi connectivity index (χ0v) is 11.6. The number of unbranched alkanes of at least 4 members (excludes halogenated alkanes) is 2. The molecule has 0 radical (unpaired) electrons. The Balaban J connectivity index is 3.68. The van der Waals surface area contributed by atoms with Gasteiger partial charge in [-0.15, -0.1) is 23.5 Å². The van der Waals surface area contributed by atoms with Crippen molar-refractivity contribution in [1.82, 2.24) is 0 Å². The summed E-state index contributed by atoms with van der Waals surface area (Å²) in [5.74, 6) is 2.40. The van der Waals surface area contributed by atoms with Gasteiger partial charge in [-0.3, -0.25) is 0 Å². The van der Waals surface area contributed by atoms with Crippen molar-refractivity contribution >= 4 is 23.5 Å². The van der Waals surface area contributed by atoms with Gasteiger partial charge in [0.1, 0.15) is 0 Å². The molecule has 0 aromatic carbocycles. The Kier molecular flexibility index (Phi) is 12.8. The molecule has 0 aromatic heterocycles. The molecule has 15 heavy (non-hydrogen) atoms. The molecule has 0 heterocycles. The summed E-state index contributed by atoms with van der Waals surface area (Å²) in [7, 11) is 0. The van der Waals surface area contributed by atoms with E-state index in [-0.39, 0.29) is 6.61 Å². The molecule has 0 aliphatic rings. The summed E-state index contributed by atoms with van der Waals surface area (Å²) in [6, 6.07) is 0. The van der Waals surface area contributed by atoms with Gasteiger partial charge in [0.15, 0.2) is 0 Å². The lowest BCUT2D eigenvalue weighted by Gasteiger charge is -2.04. The molecule has 0 aliphatic carbocycles. The first-order valence-corrected chi connectivity index (χ1v) is 7.92. The van der Waals surface area contributed by atoms with Crippen molar-refractivity contribution in [3.63, 3.8) is 0 Å². The van der Waals surface area contributed by atoms with Gasteiger partial charge in [-0.2, -0.15) is 0 Å². The van der Waals surface area contributed by atoms with E-state index >= 15 is 0 Å². The molecular formula is C12H24OS2. The zero-order chi connectivity index (χ0) is 11.4. The van der Waals surface area contributed by atoms with E-state index < -0.39 is 0 Å². The smallest absolute Gasteiger partial charge is 0.0476 e. The van der Waals surface area contributed by atoms with E-state index in [9.17, 15) is 0 Å². The lowest BCUT2D eigenvalue weighted by molar-refractivity contribution is 0.302. The van der Waals surface area contributed by atoms with E-state index in [0.29, 0.717) is 0 Å². The van der Waals surface area contributed by atoms with Crippen molar-refractivity contribution in [3.05, 3.63) is 10.3 Å². The Morgan fingerprint density at radius 1 is 1.13 bits per heavy atom. The number of thioether (sulfide) groups is 2. The Morgan fingerprint density at radius 3 is 2.40 bits per heavy atom. The fourth-order valence-corrected chi connectivity index (χ4v) is 3.29. The summed E-state index contributed by atoms with van der Waals surface area (Å²) in [4.78, 5) is 1.35. The first-order valence-electron chi connectivity index (χ1n) is 5.89. The highest BCUT2D eigenvalue weighted by atomic mass is 32.2. The quantitative estimate of drug-likeness (QED) is 0.583. The predicted molar refractivity (Wildman–Crippen MR) is 74.5 cm³/mol. The van der Waals surface area contributed by atoms with Gasteiger partial charge in [-0.1, -0.05) is 26.7 Å². The van der Waals surface area contributed by atoms with Crippen molar-refractivity contribution < 1.29 is 5.11 Å². The van der Waals surface area contributed by atoms with Crippen LogP contribution in [0.5, 0.6) is 0 Å². The lowest BCUT2D eigenvalue weighted by atomic mass is 10.4. The average molecular weight is 248 g/mol. The topological polar surface area (TPSA) is 20.2 Å². The lowest BCUT2D eigenvalue weighted by Crippen LogP contribution is -1.87. The maximum Gasteiger partial charge on any atom is 0.0476 e. The van der Waals surface area contributed by atoms with Crippen molar-refractivity contribution in [2.45, 2.75) is 46.0 Å². The van der Waals surface area contributed by atoms with Crippen LogP contribution in [0.2, 0.25) is 0 Å². The monoisotopic (exact) mass is 248 g/mol. The Hall–Kier alpha value is 0.400. The number of hydrogen-bond acceptors (Lipinski definition) is 3. The molecule has 0 amide bonds. The third-order valence-corrected chi connectivity index (χ3v) is 4.28. The molecule has 0 saturated carbocycles. The van der Waals surface area contributed by atoms with Crippen LogP contribution in [-0.2, 0) is 0 Å². The van der Waals surface area contributed by atoms with Crippen LogP contribution in [0.25, 0.3) is 0 Å². The standard InChI is InChI=1S/C12H24OS2/c1-3-5-9-14-11-12(7-8-13)15-10-6-4-2/h11,13H,3-10H2,1-2H3/b12-11-. The predicted octanol–water partition coefficient (Wildman–Crippen LogP) is 4.28. The molecule has 0 rings (SSSR count). The fourth-order valence-electron chi connectivity index (χ4n) is 1.00. The summed E-state index contributed by atoms with van der Waals surface area (Å²) in [5, 5.41) is 11.2. The Labute approximate surface area is 103 Å². The van der Waals surface area contributed by atoms with Gasteiger partial charge in [0, 0.05) is 13.0 Å². The van der Waals surface area contributed by atoms with Gasteiger partial charge in [0.25, 0.3) is 0 Å². The van der Waals surface area contributed by atoms with E-state index in [2.05, 4.69) is 19.3 Å². The van der Waals surface area contributed by atoms with E-state index in [1.165, 1.54) is 42.1 Å². The molecule has 0 unspecified atom stereocenters. The van der Waals surface area contributed by atoms with E-state index in [1.54, 1.807) is 0 Å². The molecule has 0 atom stereocenters. The van der Waals surface area contributed by atoms with Gasteiger partial charge in [0.2, 0.25) is 0 Å². The van der Waals surface area contributed by atoms with Gasteiger partial charge in [-0.05, 0) is 34.7 Å². The minimum absolute atomic E-state index is 0.277. The molecule has 3 heteroatoms. The minimum Gasteiger partial charge on any atom is -0.396 e. The van der Waals surface area contributed by atoms with E-state index in [4.69, 9.17) is 5.11 Å². The van der Waals surface area contributed by atoms with Crippen LogP contribution in [0.4, 0.5) is 0 Å². The highest BCUT2D eigenvalue weighted by molar-refractivity contribution is 8.06. The molecule has 0 bridgehead atoms. The van der Waals surface area contributed by atoms with Gasteiger partial charge >= 0.3 is 0 Å². The summed E-state index contributed by atoms with van der Waals surface area (Å²) in [6.07, 6.45) is 5.90. The van der Waals surface area contributed by atoms with Crippen LogP contribution in [0.3, 0.4) is 0 Å². The van der Waals surface area contributed by atoms with Crippen molar-refractivity contribution in [2.24, 2.45) is 0 Å². The van der Waals surface area contributed by atoms with E-state index in [0.717, 1.165) is 6.42 Å². The second-order valence-electron chi connectivity index (χ2n) is 3.48. The second kappa shape index (κ2) is 12.5. The molecular weight excluding hydrogens is 224 g/mol. The molecule has 0 spiro atoms. The highest BCUT2D eigenvalue weighted by Crippen LogP contribution is 2.24. The third-order valence-electron chi connectivity index (χ3n) is 1.97. The summed E-state index contributed by atoms with van der Waals surface area (Å²) >= 11 is 3.80. The maximum absolute atomic E-state index is 8.93. The minimum atomic E-state index is 0.277. The van der Waals surface area contributed by atoms with Gasteiger partial charge < -0.3 is 5.11 Å². The SMILES string of the molecule is CCCCS/C=C(/CCO)SCCCC. The Morgan fingerprint density at radius 2 is 1.80 bits per heavy atom. The van der Waals surface area contributed by atoms with Crippen LogP contribution < -0.4 is 0 Å². The average Bonchev–Trinajstić information content (AvgIpc) is 2.24. The van der Waals surface area contributed by atoms with Crippen molar-refractivity contribution in [1.29, 1.82) is 0 Å². The summed E-state index contributed by atoms with van der Waals surface area (Å²) < 4.78 is 0. The first-order chi connectivity index (χ1) is 7.35. The van der Waals surface area contributed by atoms with Crippen LogP contribution in [0.15, 0.2) is 10.3 Å².